The van der Waals surface area contributed by atoms with Crippen molar-refractivity contribution in [3.63, 3.8) is 0 Å². The molecule has 1 aromatic heterocycles. The SMILES string of the molecule is COC(=O)c1ccc(NCc2nnc(-c3ccc(OC)cc3)o2)cc1. The van der Waals surface area contributed by atoms with Gasteiger partial charge in [-0.25, -0.2) is 4.79 Å². The fraction of sp³-hybridized carbons (Fsp3) is 0.167. The van der Waals surface area contributed by atoms with E-state index in [0.717, 1.165) is 17.0 Å². The fourth-order valence-corrected chi connectivity index (χ4v) is 2.19. The molecule has 0 fully saturated rings. The molecule has 3 aromatic rings. The van der Waals surface area contributed by atoms with E-state index >= 15 is 0 Å². The summed E-state index contributed by atoms with van der Waals surface area (Å²) in [6.07, 6.45) is 0. The minimum Gasteiger partial charge on any atom is -0.497 e. The zero-order valence-electron chi connectivity index (χ0n) is 13.9. The number of nitrogens with one attached hydrogen (secondary N) is 1. The van der Waals surface area contributed by atoms with Gasteiger partial charge in [-0.2, -0.15) is 0 Å². The largest absolute Gasteiger partial charge is 0.497 e. The Bertz CT molecular complexity index is 842. The predicted octanol–water partition coefficient (Wildman–Crippen LogP) is 3.14. The monoisotopic (exact) mass is 339 g/mol. The van der Waals surface area contributed by atoms with E-state index in [2.05, 4.69) is 20.3 Å². The smallest absolute Gasteiger partial charge is 0.337 e. The Hall–Kier alpha value is -3.35. The zero-order valence-corrected chi connectivity index (χ0v) is 13.9. The second-order valence-electron chi connectivity index (χ2n) is 5.15. The highest BCUT2D eigenvalue weighted by atomic mass is 16.5. The normalized spacial score (nSPS) is 10.3. The third kappa shape index (κ3) is 3.95. The quantitative estimate of drug-likeness (QED) is 0.690. The summed E-state index contributed by atoms with van der Waals surface area (Å²) in [6.45, 7) is 0.376. The van der Waals surface area contributed by atoms with E-state index in [-0.39, 0.29) is 5.97 Å². The highest BCUT2D eigenvalue weighted by Gasteiger charge is 2.09. The maximum atomic E-state index is 11.4. The average Bonchev–Trinajstić information content (AvgIpc) is 3.15. The predicted molar refractivity (Wildman–Crippen MR) is 91.4 cm³/mol. The molecule has 0 amide bonds. The number of nitrogens with zero attached hydrogens (tertiary/aromatic N) is 2. The molecule has 0 saturated heterocycles. The number of esters is 1. The minimum atomic E-state index is -0.368. The van der Waals surface area contributed by atoms with Crippen LogP contribution in [0.15, 0.2) is 52.9 Å². The summed E-state index contributed by atoms with van der Waals surface area (Å²) in [7, 11) is 2.97. The Morgan fingerprint density at radius 3 is 2.40 bits per heavy atom. The van der Waals surface area contributed by atoms with Gasteiger partial charge in [0.2, 0.25) is 11.8 Å². The van der Waals surface area contributed by atoms with Crippen molar-refractivity contribution < 1.29 is 18.7 Å². The number of carbonyl (C=O) groups is 1. The van der Waals surface area contributed by atoms with Crippen molar-refractivity contribution in [1.29, 1.82) is 0 Å². The van der Waals surface area contributed by atoms with Crippen molar-refractivity contribution in [3.05, 3.63) is 60.0 Å². The maximum absolute atomic E-state index is 11.4. The van der Waals surface area contributed by atoms with Crippen LogP contribution < -0.4 is 10.1 Å². The first-order valence-corrected chi connectivity index (χ1v) is 7.58. The molecule has 3 rings (SSSR count). The van der Waals surface area contributed by atoms with Crippen LogP contribution in [0.25, 0.3) is 11.5 Å². The zero-order chi connectivity index (χ0) is 17.6. The molecule has 1 N–H and O–H groups in total. The molecule has 0 spiro atoms. The topological polar surface area (TPSA) is 86.5 Å². The molecule has 0 radical (unpaired) electrons. The number of hydrogen-bond donors (Lipinski definition) is 1. The van der Waals surface area contributed by atoms with Crippen molar-refractivity contribution in [2.45, 2.75) is 6.54 Å². The van der Waals surface area contributed by atoms with Gasteiger partial charge in [-0.05, 0) is 48.5 Å². The summed E-state index contributed by atoms with van der Waals surface area (Å²) in [6, 6.07) is 14.3. The Labute approximate surface area is 144 Å². The molecule has 0 aliphatic carbocycles. The lowest BCUT2D eigenvalue weighted by molar-refractivity contribution is 0.0601. The number of ether oxygens (including phenoxy) is 2. The number of carbonyl (C=O) groups excluding carboxylic acids is 1. The lowest BCUT2D eigenvalue weighted by Gasteiger charge is -2.04. The number of anilines is 1. The molecule has 25 heavy (non-hydrogen) atoms. The minimum absolute atomic E-state index is 0.368. The Kier molecular flexibility index (Phi) is 4.94. The van der Waals surface area contributed by atoms with Gasteiger partial charge in [0.25, 0.3) is 0 Å². The first-order valence-electron chi connectivity index (χ1n) is 7.58. The number of hydrogen-bond acceptors (Lipinski definition) is 7. The molecule has 2 aromatic carbocycles. The van der Waals surface area contributed by atoms with Gasteiger partial charge < -0.3 is 19.2 Å². The molecule has 0 aliphatic heterocycles. The van der Waals surface area contributed by atoms with E-state index in [1.807, 2.05) is 24.3 Å². The Balaban J connectivity index is 1.62. The second kappa shape index (κ2) is 7.48. The van der Waals surface area contributed by atoms with Crippen molar-refractivity contribution in [2.75, 3.05) is 19.5 Å². The van der Waals surface area contributed by atoms with Crippen molar-refractivity contribution in [3.8, 4) is 17.2 Å². The molecule has 7 nitrogen and oxygen atoms in total. The molecule has 128 valence electrons. The highest BCUT2D eigenvalue weighted by molar-refractivity contribution is 5.89. The number of rotatable bonds is 6. The van der Waals surface area contributed by atoms with Crippen LogP contribution in [0.3, 0.4) is 0 Å². The van der Waals surface area contributed by atoms with E-state index in [0.29, 0.717) is 23.9 Å². The van der Waals surface area contributed by atoms with Gasteiger partial charge in [-0.3, -0.25) is 0 Å². The van der Waals surface area contributed by atoms with Crippen LogP contribution in [-0.2, 0) is 11.3 Å². The maximum Gasteiger partial charge on any atom is 0.337 e. The molecule has 0 saturated carbocycles. The van der Waals surface area contributed by atoms with Gasteiger partial charge in [0, 0.05) is 11.3 Å². The number of methoxy groups -OCH3 is 2. The summed E-state index contributed by atoms with van der Waals surface area (Å²) in [5.74, 6) is 1.30. The van der Waals surface area contributed by atoms with Crippen molar-refractivity contribution >= 4 is 11.7 Å². The van der Waals surface area contributed by atoms with E-state index in [1.165, 1.54) is 7.11 Å². The molecule has 0 aliphatic rings. The average molecular weight is 339 g/mol. The third-order valence-corrected chi connectivity index (χ3v) is 3.55. The van der Waals surface area contributed by atoms with Crippen LogP contribution >= 0.6 is 0 Å². The second-order valence-corrected chi connectivity index (χ2v) is 5.15. The number of benzene rings is 2. The highest BCUT2D eigenvalue weighted by Crippen LogP contribution is 2.21. The van der Waals surface area contributed by atoms with Gasteiger partial charge in [0.1, 0.15) is 5.75 Å². The van der Waals surface area contributed by atoms with E-state index < -0.39 is 0 Å². The van der Waals surface area contributed by atoms with Crippen molar-refractivity contribution in [2.24, 2.45) is 0 Å². The Morgan fingerprint density at radius 2 is 1.76 bits per heavy atom. The first-order chi connectivity index (χ1) is 12.2. The lowest BCUT2D eigenvalue weighted by atomic mass is 10.2. The van der Waals surface area contributed by atoms with Gasteiger partial charge in [0.15, 0.2) is 0 Å². The molecular weight excluding hydrogens is 322 g/mol. The van der Waals surface area contributed by atoms with Crippen LogP contribution in [0.1, 0.15) is 16.2 Å². The summed E-state index contributed by atoms with van der Waals surface area (Å²) in [5, 5.41) is 11.2. The molecule has 7 heteroatoms. The van der Waals surface area contributed by atoms with Gasteiger partial charge in [-0.1, -0.05) is 0 Å². The fourth-order valence-electron chi connectivity index (χ4n) is 2.19. The van der Waals surface area contributed by atoms with Crippen LogP contribution in [-0.4, -0.2) is 30.4 Å². The van der Waals surface area contributed by atoms with E-state index in [4.69, 9.17) is 9.15 Å². The standard InChI is InChI=1S/C18H17N3O4/c1-23-15-9-5-12(6-10-15)17-21-20-16(25-17)11-19-14-7-3-13(4-8-14)18(22)24-2/h3-10,19H,11H2,1-2H3. The molecule has 0 atom stereocenters. The van der Waals surface area contributed by atoms with E-state index in [9.17, 15) is 4.79 Å². The molecule has 0 unspecified atom stereocenters. The summed E-state index contributed by atoms with van der Waals surface area (Å²) in [5.41, 5.74) is 2.14. The molecular formula is C18H17N3O4. The first kappa shape index (κ1) is 16.5. The lowest BCUT2D eigenvalue weighted by Crippen LogP contribution is -2.02. The van der Waals surface area contributed by atoms with Crippen LogP contribution in [0.2, 0.25) is 0 Å². The van der Waals surface area contributed by atoms with Gasteiger partial charge in [-0.15, -0.1) is 10.2 Å². The van der Waals surface area contributed by atoms with Gasteiger partial charge >= 0.3 is 5.97 Å². The van der Waals surface area contributed by atoms with Crippen molar-refractivity contribution in [1.82, 2.24) is 10.2 Å². The third-order valence-electron chi connectivity index (χ3n) is 3.55. The summed E-state index contributed by atoms with van der Waals surface area (Å²) in [4.78, 5) is 11.4. The molecule has 0 bridgehead atoms. The van der Waals surface area contributed by atoms with Crippen LogP contribution in [0.5, 0.6) is 5.75 Å². The van der Waals surface area contributed by atoms with Gasteiger partial charge in [0.05, 0.1) is 26.3 Å². The summed E-state index contributed by atoms with van der Waals surface area (Å²) >= 11 is 0. The Morgan fingerprint density at radius 1 is 1.04 bits per heavy atom. The van der Waals surface area contributed by atoms with Crippen LogP contribution in [0.4, 0.5) is 5.69 Å². The number of aromatic nitrogens is 2. The van der Waals surface area contributed by atoms with E-state index in [1.54, 1.807) is 31.4 Å². The molecule has 1 heterocycles. The van der Waals surface area contributed by atoms with Crippen LogP contribution in [0, 0.1) is 0 Å². The summed E-state index contributed by atoms with van der Waals surface area (Å²) < 4.78 is 15.4.